The molecule has 0 aliphatic heterocycles. The molecule has 0 spiro atoms. The van der Waals surface area contributed by atoms with Crippen molar-refractivity contribution in [1.29, 1.82) is 0 Å². The fraction of sp³-hybridized carbons (Fsp3) is 0.167. The first-order valence-electron chi connectivity index (χ1n) is 2.84. The maximum Gasteiger partial charge on any atom is 0.309 e. The molecule has 0 unspecified atom stereocenters. The van der Waals surface area contributed by atoms with Gasteiger partial charge in [-0.1, -0.05) is 11.6 Å². The predicted octanol–water partition coefficient (Wildman–Crippen LogP) is 1.06. The molecule has 0 fully saturated rings. The second-order valence-corrected chi connectivity index (χ2v) is 2.16. The van der Waals surface area contributed by atoms with Crippen molar-refractivity contribution in [3.8, 4) is 5.88 Å². The maximum atomic E-state index is 10.4. The molecule has 0 amide bonds. The van der Waals surface area contributed by atoms with Crippen molar-refractivity contribution < 1.29 is 9.53 Å². The van der Waals surface area contributed by atoms with E-state index in [2.05, 4.69) is 14.7 Å². The van der Waals surface area contributed by atoms with Crippen molar-refractivity contribution in [3.63, 3.8) is 0 Å². The molecule has 0 bridgehead atoms. The SMILES string of the molecule is CC(=O)Oc1cnc(Cl)cn1. The number of hydrogen-bond donors (Lipinski definition) is 0. The first kappa shape index (κ1) is 7.94. The van der Waals surface area contributed by atoms with Gasteiger partial charge >= 0.3 is 5.97 Å². The van der Waals surface area contributed by atoms with Crippen molar-refractivity contribution in [2.45, 2.75) is 6.92 Å². The van der Waals surface area contributed by atoms with Gasteiger partial charge in [0, 0.05) is 6.92 Å². The van der Waals surface area contributed by atoms with E-state index >= 15 is 0 Å². The molecule has 1 aromatic heterocycles. The van der Waals surface area contributed by atoms with E-state index in [-0.39, 0.29) is 11.0 Å². The number of nitrogens with zero attached hydrogens (tertiary/aromatic N) is 2. The van der Waals surface area contributed by atoms with Gasteiger partial charge in [-0.05, 0) is 0 Å². The van der Waals surface area contributed by atoms with Gasteiger partial charge in [-0.15, -0.1) is 0 Å². The third kappa shape index (κ3) is 2.51. The van der Waals surface area contributed by atoms with Gasteiger partial charge in [-0.3, -0.25) is 4.79 Å². The zero-order valence-corrected chi connectivity index (χ0v) is 6.50. The minimum absolute atomic E-state index is 0.155. The Bertz CT molecular complexity index is 260. The highest BCUT2D eigenvalue weighted by Crippen LogP contribution is 2.06. The van der Waals surface area contributed by atoms with E-state index in [9.17, 15) is 4.79 Å². The summed E-state index contributed by atoms with van der Waals surface area (Å²) < 4.78 is 4.60. The normalized spacial score (nSPS) is 9.27. The molecule has 0 radical (unpaired) electrons. The largest absolute Gasteiger partial charge is 0.406 e. The topological polar surface area (TPSA) is 52.1 Å². The average molecular weight is 173 g/mol. The van der Waals surface area contributed by atoms with E-state index in [0.717, 1.165) is 0 Å². The Balaban J connectivity index is 2.74. The summed E-state index contributed by atoms with van der Waals surface area (Å²) in [6.07, 6.45) is 2.59. The van der Waals surface area contributed by atoms with Crippen LogP contribution in [0.1, 0.15) is 6.92 Å². The number of hydrogen-bond acceptors (Lipinski definition) is 4. The summed E-state index contributed by atoms with van der Waals surface area (Å²) in [7, 11) is 0. The molecule has 0 saturated heterocycles. The van der Waals surface area contributed by atoms with Crippen LogP contribution in [0.25, 0.3) is 0 Å². The lowest BCUT2D eigenvalue weighted by molar-refractivity contribution is -0.132. The molecule has 0 N–H and O–H groups in total. The molecular weight excluding hydrogens is 168 g/mol. The standard InChI is InChI=1S/C6H5ClN2O2/c1-4(10)11-6-3-8-5(7)2-9-6/h2-3H,1H3. The highest BCUT2D eigenvalue weighted by molar-refractivity contribution is 6.29. The van der Waals surface area contributed by atoms with Crippen LogP contribution in [0.5, 0.6) is 5.88 Å². The molecule has 1 rings (SSSR count). The third-order valence-corrected chi connectivity index (χ3v) is 1.04. The van der Waals surface area contributed by atoms with Crippen LogP contribution in [0.2, 0.25) is 5.15 Å². The Morgan fingerprint density at radius 1 is 1.55 bits per heavy atom. The second kappa shape index (κ2) is 3.30. The summed E-state index contributed by atoms with van der Waals surface area (Å²) in [4.78, 5) is 17.7. The molecular formula is C6H5ClN2O2. The Morgan fingerprint density at radius 2 is 2.27 bits per heavy atom. The lowest BCUT2D eigenvalue weighted by atomic mass is 10.7. The number of carbonyl (C=O) groups is 1. The van der Waals surface area contributed by atoms with Gasteiger partial charge in [-0.2, -0.15) is 0 Å². The Labute approximate surface area is 68.2 Å². The Kier molecular flexibility index (Phi) is 2.38. The van der Waals surface area contributed by atoms with Crippen LogP contribution in [0.3, 0.4) is 0 Å². The number of halogens is 1. The van der Waals surface area contributed by atoms with Gasteiger partial charge in [-0.25, -0.2) is 9.97 Å². The highest BCUT2D eigenvalue weighted by Gasteiger charge is 1.98. The molecule has 58 valence electrons. The number of carbonyl (C=O) groups excluding carboxylic acids is 1. The summed E-state index contributed by atoms with van der Waals surface area (Å²) in [5.74, 6) is -0.275. The minimum atomic E-state index is -0.429. The number of ether oxygens (including phenoxy) is 1. The summed E-state index contributed by atoms with van der Waals surface area (Å²) in [5, 5.41) is 0.265. The summed E-state index contributed by atoms with van der Waals surface area (Å²) >= 11 is 5.43. The van der Waals surface area contributed by atoms with Crippen LogP contribution in [-0.4, -0.2) is 15.9 Å². The lowest BCUT2D eigenvalue weighted by Gasteiger charge is -1.96. The van der Waals surface area contributed by atoms with Gasteiger partial charge in [0.1, 0.15) is 5.15 Å². The first-order valence-corrected chi connectivity index (χ1v) is 3.22. The van der Waals surface area contributed by atoms with Crippen LogP contribution >= 0.6 is 11.6 Å². The van der Waals surface area contributed by atoms with Crippen molar-refractivity contribution in [1.82, 2.24) is 9.97 Å². The van der Waals surface area contributed by atoms with E-state index in [1.165, 1.54) is 19.3 Å². The van der Waals surface area contributed by atoms with E-state index in [4.69, 9.17) is 11.6 Å². The first-order chi connectivity index (χ1) is 5.18. The van der Waals surface area contributed by atoms with Crippen LogP contribution in [0, 0.1) is 0 Å². The molecule has 1 aromatic rings. The fourth-order valence-electron chi connectivity index (χ4n) is 0.500. The van der Waals surface area contributed by atoms with Crippen molar-refractivity contribution in [2.24, 2.45) is 0 Å². The maximum absolute atomic E-state index is 10.4. The van der Waals surface area contributed by atoms with Crippen LogP contribution in [-0.2, 0) is 4.79 Å². The molecule has 1 heterocycles. The number of rotatable bonds is 1. The van der Waals surface area contributed by atoms with E-state index in [0.29, 0.717) is 0 Å². The van der Waals surface area contributed by atoms with E-state index < -0.39 is 5.97 Å². The van der Waals surface area contributed by atoms with Crippen LogP contribution < -0.4 is 4.74 Å². The smallest absolute Gasteiger partial charge is 0.309 e. The van der Waals surface area contributed by atoms with Crippen molar-refractivity contribution in [2.75, 3.05) is 0 Å². The fourth-order valence-corrected chi connectivity index (χ4v) is 0.598. The van der Waals surface area contributed by atoms with E-state index in [1.807, 2.05) is 0 Å². The second-order valence-electron chi connectivity index (χ2n) is 1.77. The molecule has 0 aliphatic carbocycles. The monoisotopic (exact) mass is 172 g/mol. The quantitative estimate of drug-likeness (QED) is 0.595. The van der Waals surface area contributed by atoms with Crippen molar-refractivity contribution >= 4 is 17.6 Å². The number of aromatic nitrogens is 2. The average Bonchev–Trinajstić information content (AvgIpc) is 1.93. The van der Waals surface area contributed by atoms with E-state index in [1.54, 1.807) is 0 Å². The van der Waals surface area contributed by atoms with Gasteiger partial charge in [0.05, 0.1) is 12.4 Å². The summed E-state index contributed by atoms with van der Waals surface area (Å²) in [6.45, 7) is 1.29. The van der Waals surface area contributed by atoms with Crippen LogP contribution in [0.15, 0.2) is 12.4 Å². The zero-order valence-electron chi connectivity index (χ0n) is 5.74. The highest BCUT2D eigenvalue weighted by atomic mass is 35.5. The van der Waals surface area contributed by atoms with Gasteiger partial charge in [0.2, 0.25) is 5.88 Å². The molecule has 0 saturated carbocycles. The Hall–Kier alpha value is -1.16. The number of esters is 1. The molecule has 0 aliphatic rings. The minimum Gasteiger partial charge on any atom is -0.406 e. The lowest BCUT2D eigenvalue weighted by Crippen LogP contribution is -2.02. The Morgan fingerprint density at radius 3 is 2.73 bits per heavy atom. The van der Waals surface area contributed by atoms with Crippen LogP contribution in [0.4, 0.5) is 0 Å². The van der Waals surface area contributed by atoms with Gasteiger partial charge in [0.15, 0.2) is 0 Å². The van der Waals surface area contributed by atoms with Crippen molar-refractivity contribution in [3.05, 3.63) is 17.5 Å². The summed E-state index contributed by atoms with van der Waals surface area (Å²) in [5.41, 5.74) is 0. The molecule has 5 heteroatoms. The molecule has 11 heavy (non-hydrogen) atoms. The van der Waals surface area contributed by atoms with Gasteiger partial charge < -0.3 is 4.74 Å². The molecule has 4 nitrogen and oxygen atoms in total. The molecule has 0 atom stereocenters. The molecule has 0 aromatic carbocycles. The third-order valence-electron chi connectivity index (χ3n) is 0.845. The zero-order chi connectivity index (χ0) is 8.27. The summed E-state index contributed by atoms with van der Waals surface area (Å²) in [6, 6.07) is 0. The predicted molar refractivity (Wildman–Crippen MR) is 38.4 cm³/mol. The van der Waals surface area contributed by atoms with Gasteiger partial charge in [0.25, 0.3) is 0 Å².